The monoisotopic (exact) mass is 477 g/mol. The van der Waals surface area contributed by atoms with Crippen molar-refractivity contribution in [1.82, 2.24) is 24.6 Å². The summed E-state index contributed by atoms with van der Waals surface area (Å²) in [5.41, 5.74) is 3.90. The van der Waals surface area contributed by atoms with E-state index in [0.29, 0.717) is 23.8 Å². The molecule has 176 valence electrons. The summed E-state index contributed by atoms with van der Waals surface area (Å²) < 4.78 is 12.3. The molecule has 0 fully saturated rings. The topological polar surface area (TPSA) is 82.4 Å². The molecule has 0 aliphatic rings. The predicted octanol–water partition coefficient (Wildman–Crippen LogP) is 4.43. The van der Waals surface area contributed by atoms with Crippen molar-refractivity contribution in [2.75, 3.05) is 21.3 Å². The summed E-state index contributed by atoms with van der Waals surface area (Å²) in [4.78, 5) is 26.5. The molecule has 0 atom stereocenters. The minimum Gasteiger partial charge on any atom is -0.497 e. The number of carbonyl (C=O) groups is 1. The predicted molar refractivity (Wildman–Crippen MR) is 131 cm³/mol. The van der Waals surface area contributed by atoms with Crippen LogP contribution in [0.1, 0.15) is 31.4 Å². The van der Waals surface area contributed by atoms with E-state index < -0.39 is 0 Å². The Bertz CT molecular complexity index is 1310. The average molecular weight is 478 g/mol. The SMILES string of the molecule is COCc1c(C(=O)N(C)Cc2cccc(OC)c2)cnn1-c1nccc(-c2cc(C)sc2C)n1. The van der Waals surface area contributed by atoms with E-state index in [1.165, 1.54) is 9.75 Å². The van der Waals surface area contributed by atoms with Crippen LogP contribution in [0.3, 0.4) is 0 Å². The summed E-state index contributed by atoms with van der Waals surface area (Å²) in [6.45, 7) is 4.77. The summed E-state index contributed by atoms with van der Waals surface area (Å²) >= 11 is 1.73. The third kappa shape index (κ3) is 4.85. The molecule has 1 aromatic carbocycles. The zero-order valence-corrected chi connectivity index (χ0v) is 20.7. The smallest absolute Gasteiger partial charge is 0.257 e. The summed E-state index contributed by atoms with van der Waals surface area (Å²) in [6.07, 6.45) is 3.26. The Hall–Kier alpha value is -3.56. The van der Waals surface area contributed by atoms with Crippen LogP contribution in [0.25, 0.3) is 17.2 Å². The second kappa shape index (κ2) is 10.1. The maximum Gasteiger partial charge on any atom is 0.257 e. The van der Waals surface area contributed by atoms with Gasteiger partial charge in [0, 0.05) is 42.2 Å². The molecule has 1 amide bonds. The van der Waals surface area contributed by atoms with Crippen molar-refractivity contribution in [3.63, 3.8) is 0 Å². The number of aromatic nitrogens is 4. The molecule has 8 nitrogen and oxygen atoms in total. The van der Waals surface area contributed by atoms with Crippen LogP contribution in [0.15, 0.2) is 48.8 Å². The highest BCUT2D eigenvalue weighted by molar-refractivity contribution is 7.12. The Morgan fingerprint density at radius 3 is 2.71 bits per heavy atom. The minimum atomic E-state index is -0.165. The van der Waals surface area contributed by atoms with Gasteiger partial charge in [-0.2, -0.15) is 9.78 Å². The third-order valence-electron chi connectivity index (χ3n) is 5.43. The van der Waals surface area contributed by atoms with Gasteiger partial charge in [0.25, 0.3) is 11.9 Å². The van der Waals surface area contributed by atoms with Gasteiger partial charge in [-0.1, -0.05) is 12.1 Å². The molecule has 9 heteroatoms. The van der Waals surface area contributed by atoms with Gasteiger partial charge in [-0.3, -0.25) is 4.79 Å². The molecular formula is C25H27N5O3S. The highest BCUT2D eigenvalue weighted by atomic mass is 32.1. The number of thiophene rings is 1. The highest BCUT2D eigenvalue weighted by Crippen LogP contribution is 2.29. The molecule has 3 heterocycles. The number of benzene rings is 1. The fraction of sp³-hybridized carbons (Fsp3) is 0.280. The second-order valence-corrected chi connectivity index (χ2v) is 9.39. The molecule has 0 saturated heterocycles. The lowest BCUT2D eigenvalue weighted by Crippen LogP contribution is -2.27. The Balaban J connectivity index is 1.65. The lowest BCUT2D eigenvalue weighted by molar-refractivity contribution is 0.0779. The van der Waals surface area contributed by atoms with Crippen molar-refractivity contribution in [2.24, 2.45) is 0 Å². The van der Waals surface area contributed by atoms with Crippen LogP contribution >= 0.6 is 11.3 Å². The fourth-order valence-corrected chi connectivity index (χ4v) is 4.74. The number of aryl methyl sites for hydroxylation is 2. The highest BCUT2D eigenvalue weighted by Gasteiger charge is 2.23. The molecule has 0 unspecified atom stereocenters. The minimum absolute atomic E-state index is 0.165. The van der Waals surface area contributed by atoms with Crippen LogP contribution in [-0.2, 0) is 17.9 Å². The van der Waals surface area contributed by atoms with E-state index >= 15 is 0 Å². The fourth-order valence-electron chi connectivity index (χ4n) is 3.81. The van der Waals surface area contributed by atoms with Crippen molar-refractivity contribution in [1.29, 1.82) is 0 Å². The van der Waals surface area contributed by atoms with E-state index in [-0.39, 0.29) is 12.5 Å². The van der Waals surface area contributed by atoms with E-state index in [1.54, 1.807) is 54.6 Å². The Labute approximate surface area is 202 Å². The van der Waals surface area contributed by atoms with Crippen LogP contribution in [0.5, 0.6) is 5.75 Å². The van der Waals surface area contributed by atoms with Gasteiger partial charge in [-0.25, -0.2) is 9.97 Å². The van der Waals surface area contributed by atoms with Crippen LogP contribution < -0.4 is 4.74 Å². The van der Waals surface area contributed by atoms with E-state index in [1.807, 2.05) is 30.3 Å². The second-order valence-electron chi connectivity index (χ2n) is 7.93. The molecular weight excluding hydrogens is 450 g/mol. The molecule has 3 aromatic heterocycles. The van der Waals surface area contributed by atoms with Gasteiger partial charge < -0.3 is 14.4 Å². The van der Waals surface area contributed by atoms with Crippen LogP contribution in [0, 0.1) is 13.8 Å². The summed E-state index contributed by atoms with van der Waals surface area (Å²) in [5.74, 6) is 0.975. The van der Waals surface area contributed by atoms with Gasteiger partial charge in [-0.05, 0) is 43.7 Å². The van der Waals surface area contributed by atoms with Crippen LogP contribution in [0.4, 0.5) is 0 Å². The molecule has 0 N–H and O–H groups in total. The van der Waals surface area contributed by atoms with E-state index in [4.69, 9.17) is 14.5 Å². The maximum atomic E-state index is 13.3. The Kier molecular flexibility index (Phi) is 7.04. The molecule has 0 spiro atoms. The van der Waals surface area contributed by atoms with Crippen molar-refractivity contribution < 1.29 is 14.3 Å². The van der Waals surface area contributed by atoms with Crippen molar-refractivity contribution in [3.05, 3.63) is 75.4 Å². The molecule has 0 aliphatic carbocycles. The van der Waals surface area contributed by atoms with E-state index in [9.17, 15) is 4.79 Å². The maximum absolute atomic E-state index is 13.3. The molecule has 0 bridgehead atoms. The first kappa shape index (κ1) is 23.6. The first-order valence-corrected chi connectivity index (χ1v) is 11.6. The van der Waals surface area contributed by atoms with Gasteiger partial charge in [0.1, 0.15) is 5.75 Å². The molecule has 4 rings (SSSR count). The van der Waals surface area contributed by atoms with Crippen LogP contribution in [-0.4, -0.2) is 51.8 Å². The number of nitrogens with zero attached hydrogens (tertiary/aromatic N) is 5. The zero-order valence-electron chi connectivity index (χ0n) is 19.9. The first-order valence-electron chi connectivity index (χ1n) is 10.8. The number of hydrogen-bond donors (Lipinski definition) is 0. The number of amides is 1. The van der Waals surface area contributed by atoms with Gasteiger partial charge in [-0.15, -0.1) is 11.3 Å². The summed E-state index contributed by atoms with van der Waals surface area (Å²) in [6, 6.07) is 11.6. The van der Waals surface area contributed by atoms with Crippen molar-refractivity contribution in [2.45, 2.75) is 27.0 Å². The van der Waals surface area contributed by atoms with Gasteiger partial charge >= 0.3 is 0 Å². The standard InChI is InChI=1S/C25H27N5O3S/c1-16-11-20(17(2)34-16)22-9-10-26-25(28-22)30-23(15-32-4)21(13-27-30)24(31)29(3)14-18-7-6-8-19(12-18)33-5/h6-13H,14-15H2,1-5H3. The molecule has 0 radical (unpaired) electrons. The third-order valence-corrected chi connectivity index (χ3v) is 6.40. The van der Waals surface area contributed by atoms with E-state index in [2.05, 4.69) is 30.0 Å². The average Bonchev–Trinajstić information content (AvgIpc) is 3.41. The Morgan fingerprint density at radius 2 is 2.00 bits per heavy atom. The molecule has 34 heavy (non-hydrogen) atoms. The first-order chi connectivity index (χ1) is 16.4. The Morgan fingerprint density at radius 1 is 1.18 bits per heavy atom. The van der Waals surface area contributed by atoms with Crippen molar-refractivity contribution >= 4 is 17.2 Å². The number of methoxy groups -OCH3 is 2. The number of hydrogen-bond acceptors (Lipinski definition) is 7. The quantitative estimate of drug-likeness (QED) is 0.373. The van der Waals surface area contributed by atoms with Crippen LogP contribution in [0.2, 0.25) is 0 Å². The molecule has 4 aromatic rings. The van der Waals surface area contributed by atoms with Gasteiger partial charge in [0.2, 0.25) is 0 Å². The van der Waals surface area contributed by atoms with Gasteiger partial charge in [0.15, 0.2) is 0 Å². The molecule has 0 aliphatic heterocycles. The summed E-state index contributed by atoms with van der Waals surface area (Å²) in [7, 11) is 4.96. The molecule has 0 saturated carbocycles. The number of rotatable bonds is 8. The zero-order chi connectivity index (χ0) is 24.2. The van der Waals surface area contributed by atoms with Crippen molar-refractivity contribution in [3.8, 4) is 23.0 Å². The lowest BCUT2D eigenvalue weighted by Gasteiger charge is -2.18. The van der Waals surface area contributed by atoms with E-state index in [0.717, 1.165) is 22.6 Å². The largest absolute Gasteiger partial charge is 0.497 e. The van der Waals surface area contributed by atoms with Gasteiger partial charge in [0.05, 0.1) is 36.9 Å². The number of ether oxygens (including phenoxy) is 2. The normalized spacial score (nSPS) is 11.0. The summed E-state index contributed by atoms with van der Waals surface area (Å²) in [5, 5.41) is 4.45. The lowest BCUT2D eigenvalue weighted by atomic mass is 10.1. The number of carbonyl (C=O) groups excluding carboxylic acids is 1.